The summed E-state index contributed by atoms with van der Waals surface area (Å²) in [5, 5.41) is 11.1. The maximum atomic E-state index is 13.7. The Hall–Kier alpha value is -1.65. The zero-order chi connectivity index (χ0) is 14.1. The average molecular weight is 278 g/mol. The standard InChI is InChI=1S/C15H19FN2O2/c16-13-6-3-7-14(15(13)18(19)20)17-9-8-11-4-1-2-5-12(11)10-17/h3,6-7,11-12H,1-2,4-5,8-10H2. The molecule has 1 aromatic carbocycles. The Morgan fingerprint density at radius 2 is 1.95 bits per heavy atom. The van der Waals surface area contributed by atoms with Crippen LogP contribution in [-0.2, 0) is 0 Å². The third kappa shape index (κ3) is 2.37. The zero-order valence-electron chi connectivity index (χ0n) is 11.4. The molecule has 1 aliphatic carbocycles. The second-order valence-corrected chi connectivity index (χ2v) is 5.90. The van der Waals surface area contributed by atoms with E-state index in [0.717, 1.165) is 31.5 Å². The molecule has 0 radical (unpaired) electrons. The largest absolute Gasteiger partial charge is 0.366 e. The van der Waals surface area contributed by atoms with Gasteiger partial charge in [0.05, 0.1) is 4.92 Å². The summed E-state index contributed by atoms with van der Waals surface area (Å²) in [7, 11) is 0. The highest BCUT2D eigenvalue weighted by molar-refractivity contribution is 5.64. The molecule has 3 rings (SSSR count). The van der Waals surface area contributed by atoms with Gasteiger partial charge in [0.25, 0.3) is 0 Å². The molecule has 1 heterocycles. The lowest BCUT2D eigenvalue weighted by atomic mass is 9.75. The van der Waals surface area contributed by atoms with Gasteiger partial charge in [-0.25, -0.2) is 0 Å². The van der Waals surface area contributed by atoms with Gasteiger partial charge in [-0.1, -0.05) is 25.3 Å². The Morgan fingerprint density at radius 3 is 2.70 bits per heavy atom. The number of para-hydroxylation sites is 1. The van der Waals surface area contributed by atoms with Crippen molar-refractivity contribution in [2.75, 3.05) is 18.0 Å². The average Bonchev–Trinajstić information content (AvgIpc) is 2.46. The second-order valence-electron chi connectivity index (χ2n) is 5.90. The van der Waals surface area contributed by atoms with Crippen molar-refractivity contribution in [3.8, 4) is 0 Å². The molecule has 2 aliphatic rings. The summed E-state index contributed by atoms with van der Waals surface area (Å²) in [5.74, 6) is 0.631. The van der Waals surface area contributed by atoms with Gasteiger partial charge in [0.1, 0.15) is 5.69 Å². The van der Waals surface area contributed by atoms with Crippen molar-refractivity contribution in [3.63, 3.8) is 0 Å². The fourth-order valence-corrected chi connectivity index (χ4v) is 3.76. The number of hydrogen-bond donors (Lipinski definition) is 0. The topological polar surface area (TPSA) is 46.4 Å². The molecule has 2 fully saturated rings. The lowest BCUT2D eigenvalue weighted by Crippen LogP contribution is -2.42. The van der Waals surface area contributed by atoms with Crippen molar-refractivity contribution in [1.82, 2.24) is 0 Å². The van der Waals surface area contributed by atoms with Crippen molar-refractivity contribution in [3.05, 3.63) is 34.1 Å². The Kier molecular flexibility index (Phi) is 3.59. The summed E-state index contributed by atoms with van der Waals surface area (Å²) >= 11 is 0. The lowest BCUT2D eigenvalue weighted by molar-refractivity contribution is -0.386. The molecule has 1 aromatic rings. The van der Waals surface area contributed by atoms with Crippen LogP contribution in [0.25, 0.3) is 0 Å². The fourth-order valence-electron chi connectivity index (χ4n) is 3.76. The Labute approximate surface area is 117 Å². The van der Waals surface area contributed by atoms with E-state index in [9.17, 15) is 14.5 Å². The minimum absolute atomic E-state index is 0.373. The normalized spacial score (nSPS) is 26.1. The molecule has 20 heavy (non-hydrogen) atoms. The maximum Gasteiger partial charge on any atom is 0.327 e. The van der Waals surface area contributed by atoms with Crippen LogP contribution in [0.1, 0.15) is 32.1 Å². The van der Waals surface area contributed by atoms with Gasteiger partial charge in [0.2, 0.25) is 5.82 Å². The number of nitrogens with zero attached hydrogens (tertiary/aromatic N) is 2. The number of nitro benzene ring substituents is 1. The van der Waals surface area contributed by atoms with Crippen molar-refractivity contribution in [2.45, 2.75) is 32.1 Å². The number of fused-ring (bicyclic) bond motifs is 1. The predicted octanol–water partition coefficient (Wildman–Crippen LogP) is 3.75. The minimum atomic E-state index is -0.738. The molecule has 1 saturated heterocycles. The van der Waals surface area contributed by atoms with Gasteiger partial charge in [-0.2, -0.15) is 4.39 Å². The maximum absolute atomic E-state index is 13.7. The van der Waals surface area contributed by atoms with E-state index >= 15 is 0 Å². The van der Waals surface area contributed by atoms with Gasteiger partial charge in [-0.3, -0.25) is 10.1 Å². The van der Waals surface area contributed by atoms with Gasteiger partial charge >= 0.3 is 5.69 Å². The van der Waals surface area contributed by atoms with Crippen molar-refractivity contribution in [2.24, 2.45) is 11.8 Å². The van der Waals surface area contributed by atoms with E-state index in [-0.39, 0.29) is 5.69 Å². The molecule has 2 unspecified atom stereocenters. The van der Waals surface area contributed by atoms with Crippen LogP contribution >= 0.6 is 0 Å². The second kappa shape index (κ2) is 5.38. The monoisotopic (exact) mass is 278 g/mol. The fraction of sp³-hybridized carbons (Fsp3) is 0.600. The molecule has 4 nitrogen and oxygen atoms in total. The van der Waals surface area contributed by atoms with Crippen LogP contribution in [0.4, 0.5) is 15.8 Å². The van der Waals surface area contributed by atoms with E-state index in [1.165, 1.54) is 25.7 Å². The predicted molar refractivity (Wildman–Crippen MR) is 75.3 cm³/mol. The van der Waals surface area contributed by atoms with Gasteiger partial charge in [0.15, 0.2) is 0 Å². The van der Waals surface area contributed by atoms with E-state index < -0.39 is 10.7 Å². The zero-order valence-corrected chi connectivity index (χ0v) is 11.4. The van der Waals surface area contributed by atoms with E-state index in [1.54, 1.807) is 12.1 Å². The number of benzene rings is 1. The van der Waals surface area contributed by atoms with Crippen LogP contribution in [0.15, 0.2) is 18.2 Å². The minimum Gasteiger partial charge on any atom is -0.366 e. The summed E-state index contributed by atoms with van der Waals surface area (Å²) in [6.07, 6.45) is 6.11. The third-order valence-corrected chi connectivity index (χ3v) is 4.78. The molecule has 0 bridgehead atoms. The Morgan fingerprint density at radius 1 is 1.20 bits per heavy atom. The Bertz CT molecular complexity index is 521. The van der Waals surface area contributed by atoms with E-state index in [0.29, 0.717) is 11.6 Å². The summed E-state index contributed by atoms with van der Waals surface area (Å²) in [4.78, 5) is 12.5. The van der Waals surface area contributed by atoms with Crippen molar-refractivity contribution >= 4 is 11.4 Å². The molecule has 0 N–H and O–H groups in total. The van der Waals surface area contributed by atoms with Gasteiger partial charge < -0.3 is 4.90 Å². The lowest BCUT2D eigenvalue weighted by Gasteiger charge is -2.42. The first-order valence-electron chi connectivity index (χ1n) is 7.34. The molecule has 0 spiro atoms. The molecule has 108 valence electrons. The smallest absolute Gasteiger partial charge is 0.327 e. The molecular formula is C15H19FN2O2. The number of anilines is 1. The SMILES string of the molecule is O=[N+]([O-])c1c(F)cccc1N1CCC2CCCCC2C1. The van der Waals surface area contributed by atoms with Crippen LogP contribution in [-0.4, -0.2) is 18.0 Å². The molecule has 2 atom stereocenters. The first-order chi connectivity index (χ1) is 9.66. The molecule has 1 saturated carbocycles. The number of nitro groups is 1. The summed E-state index contributed by atoms with van der Waals surface area (Å²) in [6.45, 7) is 1.63. The van der Waals surface area contributed by atoms with Crippen LogP contribution in [0, 0.1) is 27.8 Å². The number of rotatable bonds is 2. The first kappa shape index (κ1) is 13.3. The van der Waals surface area contributed by atoms with E-state index in [4.69, 9.17) is 0 Å². The molecule has 0 amide bonds. The third-order valence-electron chi connectivity index (χ3n) is 4.78. The van der Waals surface area contributed by atoms with Crippen LogP contribution in [0.5, 0.6) is 0 Å². The summed E-state index contributed by atoms with van der Waals surface area (Å²) in [6, 6.07) is 4.39. The van der Waals surface area contributed by atoms with Crippen molar-refractivity contribution < 1.29 is 9.31 Å². The summed E-state index contributed by atoms with van der Waals surface area (Å²) < 4.78 is 13.7. The van der Waals surface area contributed by atoms with Crippen LogP contribution in [0.3, 0.4) is 0 Å². The van der Waals surface area contributed by atoms with Crippen molar-refractivity contribution in [1.29, 1.82) is 0 Å². The van der Waals surface area contributed by atoms with Crippen LogP contribution in [0.2, 0.25) is 0 Å². The Balaban J connectivity index is 1.86. The first-order valence-corrected chi connectivity index (χ1v) is 7.34. The van der Waals surface area contributed by atoms with Gasteiger partial charge in [-0.15, -0.1) is 0 Å². The molecule has 5 heteroatoms. The van der Waals surface area contributed by atoms with Gasteiger partial charge in [0, 0.05) is 13.1 Å². The number of halogens is 1. The van der Waals surface area contributed by atoms with Gasteiger partial charge in [-0.05, 0) is 36.8 Å². The molecule has 0 aromatic heterocycles. The quantitative estimate of drug-likeness (QED) is 0.611. The summed E-state index contributed by atoms with van der Waals surface area (Å²) in [5.41, 5.74) is 0.0702. The molecular weight excluding hydrogens is 259 g/mol. The van der Waals surface area contributed by atoms with E-state index in [1.807, 2.05) is 4.90 Å². The van der Waals surface area contributed by atoms with E-state index in [2.05, 4.69) is 0 Å². The number of hydrogen-bond acceptors (Lipinski definition) is 3. The molecule has 1 aliphatic heterocycles. The van der Waals surface area contributed by atoms with Crippen LogP contribution < -0.4 is 4.90 Å². The highest BCUT2D eigenvalue weighted by Gasteiger charge is 2.34. The number of piperidine rings is 1. The highest BCUT2D eigenvalue weighted by atomic mass is 19.1. The highest BCUT2D eigenvalue weighted by Crippen LogP contribution is 2.40.